The minimum absolute atomic E-state index is 0.296. The summed E-state index contributed by atoms with van der Waals surface area (Å²) < 4.78 is 0.685. The van der Waals surface area contributed by atoms with E-state index in [9.17, 15) is 0 Å². The lowest BCUT2D eigenvalue weighted by Crippen LogP contribution is -1.78. The molecule has 1 aliphatic rings. The molecule has 0 radical (unpaired) electrons. The van der Waals surface area contributed by atoms with Crippen LogP contribution in [0.2, 0.25) is 0 Å². The maximum atomic E-state index is 6.86. The zero-order valence-corrected chi connectivity index (χ0v) is 4.97. The van der Waals surface area contributed by atoms with Crippen molar-refractivity contribution in [2.24, 2.45) is 4.99 Å². The zero-order chi connectivity index (χ0) is 5.28. The third-order valence-electron chi connectivity index (χ3n) is 0.484. The number of hydrogen-bond donors (Lipinski definition) is 1. The van der Waals surface area contributed by atoms with Gasteiger partial charge in [0.05, 0.1) is 10.4 Å². The van der Waals surface area contributed by atoms with E-state index in [4.69, 9.17) is 5.41 Å². The quantitative estimate of drug-likeness (QED) is 0.498. The van der Waals surface area contributed by atoms with Crippen molar-refractivity contribution in [3.63, 3.8) is 0 Å². The van der Waals surface area contributed by atoms with E-state index in [0.717, 1.165) is 0 Å². The summed E-state index contributed by atoms with van der Waals surface area (Å²) in [5, 5.41) is 7.15. The first-order valence-corrected chi connectivity index (χ1v) is 2.86. The predicted octanol–water partition coefficient (Wildman–Crippen LogP) is 1.07. The van der Waals surface area contributed by atoms with Crippen LogP contribution in [0.3, 0.4) is 0 Å². The van der Waals surface area contributed by atoms with Crippen molar-refractivity contribution < 1.29 is 0 Å². The van der Waals surface area contributed by atoms with Gasteiger partial charge in [-0.1, -0.05) is 12.2 Å². The Bertz CT molecular complexity index is 133. The van der Waals surface area contributed by atoms with Gasteiger partial charge < -0.3 is 0 Å². The molecule has 0 aromatic carbocycles. The van der Waals surface area contributed by atoms with Crippen LogP contribution in [-0.2, 0) is 0 Å². The molecule has 4 heteroatoms. The maximum Gasteiger partial charge on any atom is 0.185 e. The lowest BCUT2D eigenvalue weighted by molar-refractivity contribution is 1.51. The summed E-state index contributed by atoms with van der Waals surface area (Å²) >= 11 is 5.88. The van der Waals surface area contributed by atoms with Crippen molar-refractivity contribution >= 4 is 39.6 Å². The van der Waals surface area contributed by atoms with Gasteiger partial charge in [0.1, 0.15) is 0 Å². The minimum Gasteiger partial charge on any atom is -0.277 e. The van der Waals surface area contributed by atoms with Crippen LogP contribution in [0, 0.1) is 5.41 Å². The Hall–Kier alpha value is -0.220. The van der Waals surface area contributed by atoms with Crippen LogP contribution >= 0.6 is 24.0 Å². The molecule has 1 rings (SSSR count). The largest absolute Gasteiger partial charge is 0.277 e. The molecule has 0 aromatic heterocycles. The highest BCUT2D eigenvalue weighted by Crippen LogP contribution is 2.10. The van der Waals surface area contributed by atoms with E-state index in [1.807, 2.05) is 0 Å². The summed E-state index contributed by atoms with van der Waals surface area (Å²) in [6, 6.07) is 0. The van der Waals surface area contributed by atoms with Gasteiger partial charge in [-0.25, -0.2) is 4.99 Å². The Balaban J connectivity index is 2.76. The first-order chi connectivity index (χ1) is 3.29. The van der Waals surface area contributed by atoms with Crippen LogP contribution in [0.4, 0.5) is 0 Å². The number of rotatable bonds is 0. The van der Waals surface area contributed by atoms with Gasteiger partial charge in [-0.15, -0.1) is 0 Å². The molecule has 0 amide bonds. The maximum absolute atomic E-state index is 6.86. The smallest absolute Gasteiger partial charge is 0.185 e. The molecule has 0 saturated heterocycles. The second kappa shape index (κ2) is 1.71. The fraction of sp³-hybridized carbons (Fsp3) is 0. The molecule has 1 aliphatic heterocycles. The van der Waals surface area contributed by atoms with E-state index in [0.29, 0.717) is 9.36 Å². The number of amidine groups is 1. The molecule has 0 aromatic rings. The number of hydrogen-bond acceptors (Lipinski definition) is 3. The topological polar surface area (TPSA) is 36.2 Å². The fourth-order valence-corrected chi connectivity index (χ4v) is 0.950. The summed E-state index contributed by atoms with van der Waals surface area (Å²) in [5.74, 6) is 0. The number of nitrogens with zero attached hydrogens (tertiary/aromatic N) is 1. The number of aliphatic imine (C=N–C) groups is 1. The van der Waals surface area contributed by atoms with E-state index in [1.54, 1.807) is 0 Å². The number of thiocarbonyl (C=S) groups is 1. The third kappa shape index (κ3) is 1.07. The van der Waals surface area contributed by atoms with Crippen molar-refractivity contribution in [3.05, 3.63) is 0 Å². The van der Waals surface area contributed by atoms with E-state index < -0.39 is 0 Å². The predicted molar refractivity (Wildman–Crippen MR) is 36.4 cm³/mol. The van der Waals surface area contributed by atoms with Crippen LogP contribution in [0.15, 0.2) is 4.99 Å². The second-order valence-electron chi connectivity index (χ2n) is 0.984. The Morgan fingerprint density at radius 2 is 2.57 bits per heavy atom. The van der Waals surface area contributed by atoms with Gasteiger partial charge in [-0.3, -0.25) is 5.41 Å². The molecule has 1 N–H and O–H groups in total. The second-order valence-corrected chi connectivity index (χ2v) is 2.71. The van der Waals surface area contributed by atoms with E-state index >= 15 is 0 Å². The van der Waals surface area contributed by atoms with Gasteiger partial charge in [-0.05, 0) is 11.8 Å². The monoisotopic (exact) mass is 130 g/mol. The van der Waals surface area contributed by atoms with E-state index in [-0.39, 0.29) is 0 Å². The van der Waals surface area contributed by atoms with Crippen molar-refractivity contribution in [3.8, 4) is 0 Å². The average Bonchev–Trinajstić information content (AvgIpc) is 1.87. The van der Waals surface area contributed by atoms with Gasteiger partial charge in [0, 0.05) is 0 Å². The molecule has 0 fully saturated rings. The molecule has 0 bridgehead atoms. The lowest BCUT2D eigenvalue weighted by atomic mass is 10.9. The summed E-state index contributed by atoms with van der Waals surface area (Å²) in [4.78, 5) is 3.60. The molecular formula is C3H2N2S2. The van der Waals surface area contributed by atoms with Crippen LogP contribution in [-0.4, -0.2) is 15.6 Å². The highest BCUT2D eigenvalue weighted by Gasteiger charge is 2.04. The van der Waals surface area contributed by atoms with Crippen molar-refractivity contribution in [2.45, 2.75) is 0 Å². The Kier molecular flexibility index (Phi) is 1.21. The molecule has 0 aliphatic carbocycles. The van der Waals surface area contributed by atoms with E-state index in [2.05, 4.69) is 17.2 Å². The summed E-state index contributed by atoms with van der Waals surface area (Å²) in [5.41, 5.74) is 0. The summed E-state index contributed by atoms with van der Waals surface area (Å²) in [6.45, 7) is 0. The minimum atomic E-state index is 0.296. The first kappa shape index (κ1) is 4.93. The van der Waals surface area contributed by atoms with Gasteiger partial charge >= 0.3 is 0 Å². The average molecular weight is 130 g/mol. The Labute approximate surface area is 50.5 Å². The van der Waals surface area contributed by atoms with Gasteiger partial charge in [-0.2, -0.15) is 0 Å². The molecule has 36 valence electrons. The fourth-order valence-electron chi connectivity index (χ4n) is 0.259. The van der Waals surface area contributed by atoms with Crippen LogP contribution in [0.1, 0.15) is 0 Å². The third-order valence-corrected chi connectivity index (χ3v) is 1.45. The van der Waals surface area contributed by atoms with Gasteiger partial charge in [0.15, 0.2) is 5.17 Å². The number of thioether (sulfide) groups is 1. The normalized spacial score (nSPS) is 18.9. The molecule has 2 nitrogen and oxygen atoms in total. The van der Waals surface area contributed by atoms with Gasteiger partial charge in [0.2, 0.25) is 0 Å². The molecule has 0 atom stereocenters. The van der Waals surface area contributed by atoms with E-state index in [1.165, 1.54) is 18.0 Å². The molecule has 0 saturated carbocycles. The molecule has 1 heterocycles. The first-order valence-electron chi connectivity index (χ1n) is 1.63. The van der Waals surface area contributed by atoms with Crippen molar-refractivity contribution in [1.82, 2.24) is 0 Å². The van der Waals surface area contributed by atoms with Crippen LogP contribution in [0.25, 0.3) is 0 Å². The molecule has 0 unspecified atom stereocenters. The molecule has 7 heavy (non-hydrogen) atoms. The highest BCUT2D eigenvalue weighted by molar-refractivity contribution is 8.35. The summed E-state index contributed by atoms with van der Waals surface area (Å²) in [6.07, 6.45) is 1.52. The Morgan fingerprint density at radius 1 is 1.86 bits per heavy atom. The Morgan fingerprint density at radius 3 is 2.71 bits per heavy atom. The van der Waals surface area contributed by atoms with Crippen molar-refractivity contribution in [1.29, 1.82) is 5.41 Å². The zero-order valence-electron chi connectivity index (χ0n) is 3.34. The molecular weight excluding hydrogens is 128 g/mol. The highest BCUT2D eigenvalue weighted by atomic mass is 32.2. The number of nitrogens with one attached hydrogen (secondary N) is 1. The van der Waals surface area contributed by atoms with Crippen LogP contribution < -0.4 is 0 Å². The standard InChI is InChI=1S/C3H2N2S2/c4-3-5-1-2(6)7-3/h1,4H. The molecule has 0 spiro atoms. The lowest BCUT2D eigenvalue weighted by Gasteiger charge is -1.76. The van der Waals surface area contributed by atoms with Crippen LogP contribution in [0.5, 0.6) is 0 Å². The SMILES string of the molecule is N=C1N=CC(=S)S1. The van der Waals surface area contributed by atoms with Crippen molar-refractivity contribution in [2.75, 3.05) is 0 Å². The summed E-state index contributed by atoms with van der Waals surface area (Å²) in [7, 11) is 0. The van der Waals surface area contributed by atoms with Gasteiger partial charge in [0.25, 0.3) is 0 Å².